The molecule has 1 atom stereocenters. The summed E-state index contributed by atoms with van der Waals surface area (Å²) in [6.45, 7) is 17.4. The molecule has 262 valence electrons. The molecule has 0 spiro atoms. The zero-order valence-electron chi connectivity index (χ0n) is 32.4. The number of nitrogens with zero attached hydrogens (tertiary/aromatic N) is 4. The van der Waals surface area contributed by atoms with Gasteiger partial charge in [-0.3, -0.25) is 0 Å². The van der Waals surface area contributed by atoms with Crippen LogP contribution in [0, 0.1) is 55.4 Å². The van der Waals surface area contributed by atoms with E-state index < -0.39 is 20.0 Å². The molecule has 0 fully saturated rings. The van der Waals surface area contributed by atoms with E-state index in [4.69, 9.17) is 1.34 Å². The van der Waals surface area contributed by atoms with Crippen LogP contribution in [0.15, 0.2) is 54.6 Å². The molecule has 5 N–H and O–H groups in total. The molecule has 7 nitrogen and oxygen atoms in total. The van der Waals surface area contributed by atoms with Crippen LogP contribution < -0.4 is 14.4 Å². The summed E-state index contributed by atoms with van der Waals surface area (Å²) in [5.74, 6) is 2.50. The Hall–Kier alpha value is -3.08. The van der Waals surface area contributed by atoms with E-state index in [1.165, 1.54) is 94.7 Å². The molecule has 4 aromatic carbocycles. The van der Waals surface area contributed by atoms with Crippen molar-refractivity contribution in [3.8, 4) is 22.5 Å². The predicted octanol–water partition coefficient (Wildman–Crippen LogP) is 5.77. The van der Waals surface area contributed by atoms with Gasteiger partial charge in [0.15, 0.2) is 22.1 Å². The van der Waals surface area contributed by atoms with E-state index in [1.54, 1.807) is 0 Å². The second-order valence-electron chi connectivity index (χ2n) is 13.2. The van der Waals surface area contributed by atoms with Crippen molar-refractivity contribution in [3.05, 3.63) is 99.4 Å². The number of rotatable bonds is 5. The zero-order chi connectivity index (χ0) is 35.4. The monoisotopic (exact) mass is 797 g/mol. The second kappa shape index (κ2) is 15.9. The van der Waals surface area contributed by atoms with Crippen molar-refractivity contribution >= 4 is 60.7 Å². The van der Waals surface area contributed by atoms with Crippen LogP contribution in [-0.4, -0.2) is 34.6 Å². The average molecular weight is 798 g/mol. The van der Waals surface area contributed by atoms with Crippen LogP contribution in [0.1, 0.15) is 44.8 Å². The third kappa shape index (κ3) is 7.66. The van der Waals surface area contributed by atoms with Gasteiger partial charge in [-0.05, 0) is 97.5 Å². The SMILES string of the molecule is Cc1cc(C)c(-c2n(C)c3cc(-c4ccc5c(c4)n(C)c(C)[n+]5C)ccc3[n+]2C)c(C)c1C.O.O.[2H]B(Pc1c(C)cc(C)cc1C)I(C)O. The van der Waals surface area contributed by atoms with E-state index in [0.29, 0.717) is 8.46 Å². The summed E-state index contributed by atoms with van der Waals surface area (Å²) in [6.07, 6.45) is 0. The Balaban J connectivity index is 0.000000339. The molecule has 0 saturated carbocycles. The van der Waals surface area contributed by atoms with Crippen LogP contribution in [-0.2, 0) is 28.2 Å². The van der Waals surface area contributed by atoms with Gasteiger partial charge in [0.1, 0.15) is 0 Å². The maximum atomic E-state index is 9.49. The van der Waals surface area contributed by atoms with Gasteiger partial charge in [0, 0.05) is 6.92 Å². The molecule has 6 aromatic rings. The zero-order valence-corrected chi connectivity index (χ0v) is 34.5. The minimum absolute atomic E-state index is 0. The summed E-state index contributed by atoms with van der Waals surface area (Å²) in [5, 5.41) is 1.28. The van der Waals surface area contributed by atoms with Crippen molar-refractivity contribution in [3.63, 3.8) is 0 Å². The number of alkyl halides is 1. The van der Waals surface area contributed by atoms with Crippen molar-refractivity contribution in [1.29, 1.82) is 1.34 Å². The molecule has 0 amide bonds. The van der Waals surface area contributed by atoms with E-state index in [1.807, 2.05) is 4.93 Å². The number of imidazole rings is 2. The Kier molecular flexibility index (Phi) is 12.5. The molecule has 6 rings (SSSR count). The van der Waals surface area contributed by atoms with Crippen molar-refractivity contribution in [2.75, 3.05) is 4.93 Å². The Labute approximate surface area is 303 Å². The molecule has 2 aromatic heterocycles. The van der Waals surface area contributed by atoms with Gasteiger partial charge in [0.05, 0.1) is 33.8 Å². The third-order valence-electron chi connectivity index (χ3n) is 9.95. The van der Waals surface area contributed by atoms with Gasteiger partial charge in [0.25, 0.3) is 11.6 Å². The Bertz CT molecular complexity index is 2190. The van der Waals surface area contributed by atoms with Crippen molar-refractivity contribution in [1.82, 2.24) is 9.13 Å². The number of hydrogen-bond acceptors (Lipinski definition) is 1. The van der Waals surface area contributed by atoms with Crippen LogP contribution in [0.4, 0.5) is 0 Å². The topological polar surface area (TPSA) is 101 Å². The van der Waals surface area contributed by atoms with Crippen LogP contribution in [0.5, 0.6) is 0 Å². The minimum atomic E-state index is -1.97. The molecule has 0 aliphatic heterocycles. The molecule has 49 heavy (non-hydrogen) atoms. The Morgan fingerprint density at radius 2 is 1.20 bits per heavy atom. The second-order valence-corrected chi connectivity index (χ2v) is 18.8. The Morgan fingerprint density at radius 1 is 0.694 bits per heavy atom. The molecule has 2 heterocycles. The first-order chi connectivity index (χ1) is 22.5. The summed E-state index contributed by atoms with van der Waals surface area (Å²) in [7, 11) is 9.09. The van der Waals surface area contributed by atoms with Crippen molar-refractivity contribution < 1.29 is 23.5 Å². The third-order valence-corrected chi connectivity index (χ3v) is 15.1. The van der Waals surface area contributed by atoms with Crippen LogP contribution in [0.2, 0.25) is 0 Å². The molecular formula is C39H55BIN4O3P+2. The van der Waals surface area contributed by atoms with E-state index in [0.717, 1.165) is 0 Å². The fraction of sp³-hybridized carbons (Fsp3) is 0.333. The molecule has 0 radical (unpaired) electrons. The number of benzene rings is 4. The van der Waals surface area contributed by atoms with Gasteiger partial charge in [-0.15, -0.1) is 0 Å². The van der Waals surface area contributed by atoms with Gasteiger partial charge in [-0.1, -0.05) is 6.07 Å². The summed E-state index contributed by atoms with van der Waals surface area (Å²) in [5.41, 5.74) is 18.1. The van der Waals surface area contributed by atoms with Gasteiger partial charge < -0.3 is 11.0 Å². The maximum absolute atomic E-state index is 9.49. The van der Waals surface area contributed by atoms with Crippen LogP contribution >= 0.6 is 28.5 Å². The van der Waals surface area contributed by atoms with Gasteiger partial charge >= 0.3 is 97.9 Å². The average Bonchev–Trinajstić information content (AvgIpc) is 3.41. The first-order valence-corrected chi connectivity index (χ1v) is 21.5. The quantitative estimate of drug-likeness (QED) is 0.0775. The molecule has 10 heteroatoms. The number of aryl methyl sites for hydroxylation is 9. The number of halogens is 1. The summed E-state index contributed by atoms with van der Waals surface area (Å²) >= 11 is -1.97. The number of hydrogen-bond donors (Lipinski definition) is 1. The number of fused-ring (bicyclic) bond motifs is 2. The van der Waals surface area contributed by atoms with Gasteiger partial charge in [-0.25, -0.2) is 18.3 Å². The number of aromatic nitrogens is 4. The van der Waals surface area contributed by atoms with Crippen LogP contribution in [0.3, 0.4) is 0 Å². The molecule has 0 aliphatic rings. The van der Waals surface area contributed by atoms with Crippen LogP contribution in [0.25, 0.3) is 44.6 Å². The molecule has 1 unspecified atom stereocenters. The standard InChI is InChI=1S/C29H34N4.C10H17BIOP.2H2O/c1-17-14-18(2)28(20(4)19(17)3)29-32(8)25-13-11-23(16-27(25)33(29)9)22-10-12-24-26(15-22)31(7)21(5)30(24)6;1-7-5-8(2)10(9(3)6-7)14-11-12(4)13;;/h10-16H,1-9H3;5-6,11,13-14H,1-4H3;2*1H2/q+2;;;/i;11D;;. The van der Waals surface area contributed by atoms with Crippen molar-refractivity contribution in [2.45, 2.75) is 55.4 Å². The summed E-state index contributed by atoms with van der Waals surface area (Å²) in [4.78, 5) is 1.60. The predicted molar refractivity (Wildman–Crippen MR) is 221 cm³/mol. The van der Waals surface area contributed by atoms with Gasteiger partial charge in [0.2, 0.25) is 0 Å². The van der Waals surface area contributed by atoms with Crippen molar-refractivity contribution in [2.24, 2.45) is 28.2 Å². The molecule has 0 saturated heterocycles. The Morgan fingerprint density at radius 3 is 1.73 bits per heavy atom. The summed E-state index contributed by atoms with van der Waals surface area (Å²) < 4.78 is 26.6. The molecule has 0 aliphatic carbocycles. The van der Waals surface area contributed by atoms with E-state index in [-0.39, 0.29) is 15.8 Å². The van der Waals surface area contributed by atoms with E-state index in [9.17, 15) is 3.44 Å². The fourth-order valence-corrected chi connectivity index (χ4v) is 10.2. The normalized spacial score (nSPS) is 11.7. The summed E-state index contributed by atoms with van der Waals surface area (Å²) in [6, 6.07) is 20.3. The first kappa shape index (κ1) is 38.7. The first-order valence-electron chi connectivity index (χ1n) is 16.7. The fourth-order valence-electron chi connectivity index (χ4n) is 7.04. The van der Waals surface area contributed by atoms with E-state index in [2.05, 4.69) is 156 Å². The van der Waals surface area contributed by atoms with Gasteiger partial charge in [-0.2, -0.15) is 0 Å². The van der Waals surface area contributed by atoms with E-state index >= 15 is 0 Å². The molecular weight excluding hydrogens is 741 g/mol. The molecule has 0 bridgehead atoms.